The van der Waals surface area contributed by atoms with Gasteiger partial charge in [0.15, 0.2) is 5.89 Å². The number of carbonyl (C=O) groups excluding carboxylic acids is 3. The minimum atomic E-state index is -0.477. The van der Waals surface area contributed by atoms with E-state index in [1.165, 1.54) is 6.92 Å². The number of carbonyl (C=O) groups is 3. The van der Waals surface area contributed by atoms with Crippen molar-refractivity contribution >= 4 is 45.6 Å². The van der Waals surface area contributed by atoms with Gasteiger partial charge in [-0.25, -0.2) is 0 Å². The molecule has 1 N–H and O–H groups in total. The van der Waals surface area contributed by atoms with Crippen LogP contribution in [-0.2, 0) is 37.5 Å². The molecular weight excluding hydrogens is 627 g/mol. The van der Waals surface area contributed by atoms with Gasteiger partial charge in [0.05, 0.1) is 5.52 Å². The summed E-state index contributed by atoms with van der Waals surface area (Å²) in [6, 6.07) is 21.4. The van der Waals surface area contributed by atoms with Crippen LogP contribution in [0.25, 0.3) is 16.7 Å². The number of hydrogen-bond donors (Lipinski definition) is 1. The minimum absolute atomic E-state index is 0. The van der Waals surface area contributed by atoms with Crippen LogP contribution in [-0.4, -0.2) is 29.1 Å². The summed E-state index contributed by atoms with van der Waals surface area (Å²) in [5, 5.41) is 2.70. The monoisotopic (exact) mass is 670 g/mol. The van der Waals surface area contributed by atoms with E-state index in [1.54, 1.807) is 47.4 Å². The standard InChI is InChI=1S/C29H21N3O4.3C2H6.CH4.Y/c1-19(33)30-22-15-12-21(13-16-22)29(35)32-18-6-7-20(23-8-2-4-10-25(23)32)14-17-26(34)28-31-24-9-3-5-11-27(24)36-28;3*1-2;;/h2-5,8-16H,6,18H2,1H3,(H,30,33);3*1-2H3;1H4;/q-2;;;;;. The number of rotatable bonds is 5. The van der Waals surface area contributed by atoms with Crippen molar-refractivity contribution in [3.05, 3.63) is 108 Å². The van der Waals surface area contributed by atoms with Gasteiger partial charge < -0.3 is 19.4 Å². The van der Waals surface area contributed by atoms with Gasteiger partial charge in [0.25, 0.3) is 5.91 Å². The average molecular weight is 671 g/mol. The van der Waals surface area contributed by atoms with Crippen molar-refractivity contribution in [2.75, 3.05) is 16.8 Å². The van der Waals surface area contributed by atoms with Crippen LogP contribution in [0, 0.1) is 12.2 Å². The van der Waals surface area contributed by atoms with Gasteiger partial charge in [0.1, 0.15) is 11.4 Å². The molecule has 231 valence electrons. The Labute approximate surface area is 287 Å². The van der Waals surface area contributed by atoms with E-state index in [0.717, 1.165) is 5.56 Å². The Hall–Kier alpha value is -3.68. The van der Waals surface area contributed by atoms with Crippen molar-refractivity contribution in [2.24, 2.45) is 0 Å². The number of para-hydroxylation sites is 3. The number of Topliss-reactive ketones (excluding diaryl/α,β-unsaturated/α-hetero) is 1. The summed E-state index contributed by atoms with van der Waals surface area (Å²) in [4.78, 5) is 43.3. The van der Waals surface area contributed by atoms with Crippen LogP contribution in [0.1, 0.15) is 88.9 Å². The molecule has 4 aromatic rings. The summed E-state index contributed by atoms with van der Waals surface area (Å²) in [7, 11) is 0. The van der Waals surface area contributed by atoms with E-state index in [-0.39, 0.29) is 57.8 Å². The van der Waals surface area contributed by atoms with Crippen molar-refractivity contribution in [1.29, 1.82) is 0 Å². The number of oxazole rings is 1. The number of hydrogen-bond acceptors (Lipinski definition) is 5. The Bertz CT molecular complexity index is 1510. The van der Waals surface area contributed by atoms with Crippen LogP contribution in [0.5, 0.6) is 0 Å². The van der Waals surface area contributed by atoms with E-state index in [2.05, 4.69) is 22.5 Å². The Morgan fingerprint density at radius 2 is 1.52 bits per heavy atom. The number of ketones is 1. The molecule has 0 atom stereocenters. The molecule has 1 radical (unpaired) electrons. The SMILES string of the molecule is C.CC.CC.CC.CC(=O)Nc1ccc(C(=O)N2CC[C-]=C(C=[C-]C(=O)c3nc4ccccc4o3)c3ccccc32)cc1.[Y]. The Morgan fingerprint density at radius 1 is 0.909 bits per heavy atom. The van der Waals surface area contributed by atoms with Crippen LogP contribution in [0.3, 0.4) is 0 Å². The first kappa shape index (κ1) is 40.3. The van der Waals surface area contributed by atoms with Crippen LogP contribution >= 0.6 is 0 Å². The van der Waals surface area contributed by atoms with E-state index in [1.807, 2.05) is 77.9 Å². The van der Waals surface area contributed by atoms with Crippen molar-refractivity contribution in [3.63, 3.8) is 0 Å². The maximum Gasteiger partial charge on any atom is 0.257 e. The largest absolute Gasteiger partial charge is 0.492 e. The summed E-state index contributed by atoms with van der Waals surface area (Å²) in [6.07, 6.45) is 8.06. The van der Waals surface area contributed by atoms with Crippen LogP contribution in [0.15, 0.2) is 83.3 Å². The number of nitrogens with one attached hydrogen (secondary N) is 1. The molecule has 0 aliphatic carbocycles. The summed E-state index contributed by atoms with van der Waals surface area (Å²) >= 11 is 0. The van der Waals surface area contributed by atoms with Crippen LogP contribution < -0.4 is 10.2 Å². The fourth-order valence-corrected chi connectivity index (χ4v) is 4.02. The summed E-state index contributed by atoms with van der Waals surface area (Å²) in [6.45, 7) is 13.8. The molecule has 2 heterocycles. The molecule has 5 rings (SSSR count). The molecule has 3 aromatic carbocycles. The third kappa shape index (κ3) is 10.5. The van der Waals surface area contributed by atoms with Crippen LogP contribution in [0.4, 0.5) is 11.4 Å². The first-order valence-corrected chi connectivity index (χ1v) is 14.4. The van der Waals surface area contributed by atoms with E-state index in [0.29, 0.717) is 46.6 Å². The van der Waals surface area contributed by atoms with Crippen molar-refractivity contribution < 1.29 is 51.5 Å². The van der Waals surface area contributed by atoms with E-state index in [9.17, 15) is 14.4 Å². The third-order valence-corrected chi connectivity index (χ3v) is 5.67. The molecular formula is C36H43N3O4Y-2. The minimum Gasteiger partial charge on any atom is -0.492 e. The molecule has 1 aliphatic heterocycles. The normalized spacial score (nSPS) is 11.2. The Balaban J connectivity index is 0.00000218. The third-order valence-electron chi connectivity index (χ3n) is 5.67. The predicted molar refractivity (Wildman–Crippen MR) is 177 cm³/mol. The second-order valence-electron chi connectivity index (χ2n) is 8.18. The summed E-state index contributed by atoms with van der Waals surface area (Å²) in [5.74, 6) is -0.858. The maximum atomic E-state index is 13.4. The van der Waals surface area contributed by atoms with Gasteiger partial charge in [0.2, 0.25) is 5.91 Å². The number of benzene rings is 3. The molecule has 0 bridgehead atoms. The summed E-state index contributed by atoms with van der Waals surface area (Å²) in [5.41, 5.74) is 4.38. The van der Waals surface area contributed by atoms with Crippen molar-refractivity contribution in [1.82, 2.24) is 4.98 Å². The molecule has 2 amide bonds. The maximum absolute atomic E-state index is 13.4. The molecule has 1 aliphatic rings. The van der Waals surface area contributed by atoms with Crippen molar-refractivity contribution in [3.8, 4) is 0 Å². The van der Waals surface area contributed by atoms with Gasteiger partial charge >= 0.3 is 0 Å². The van der Waals surface area contributed by atoms with Gasteiger partial charge in [-0.2, -0.15) is 11.6 Å². The first-order chi connectivity index (χ1) is 20.5. The second-order valence-corrected chi connectivity index (χ2v) is 8.18. The number of nitrogens with zero attached hydrogens (tertiary/aromatic N) is 2. The van der Waals surface area contributed by atoms with E-state index in [4.69, 9.17) is 4.42 Å². The average Bonchev–Trinajstić information content (AvgIpc) is 3.39. The molecule has 1 aromatic heterocycles. The van der Waals surface area contributed by atoms with Crippen LogP contribution in [0.2, 0.25) is 0 Å². The molecule has 0 saturated heterocycles. The first-order valence-electron chi connectivity index (χ1n) is 14.4. The van der Waals surface area contributed by atoms with E-state index < -0.39 is 5.78 Å². The van der Waals surface area contributed by atoms with E-state index >= 15 is 0 Å². The molecule has 44 heavy (non-hydrogen) atoms. The van der Waals surface area contributed by atoms with Crippen molar-refractivity contribution in [2.45, 2.75) is 62.3 Å². The topological polar surface area (TPSA) is 92.5 Å². The Kier molecular flexibility index (Phi) is 19.3. The molecule has 0 unspecified atom stereocenters. The quantitative estimate of drug-likeness (QED) is 0.130. The number of allylic oxidation sites excluding steroid dienone is 3. The zero-order valence-electron chi connectivity index (χ0n) is 26.0. The number of aromatic nitrogens is 1. The van der Waals surface area contributed by atoms with Gasteiger partial charge in [-0.05, 0) is 42.1 Å². The zero-order chi connectivity index (χ0) is 31.1. The smallest absolute Gasteiger partial charge is 0.257 e. The van der Waals surface area contributed by atoms with Gasteiger partial charge in [0, 0.05) is 57.4 Å². The number of fused-ring (bicyclic) bond motifs is 2. The molecule has 7 nitrogen and oxygen atoms in total. The predicted octanol–water partition coefficient (Wildman–Crippen LogP) is 8.98. The Morgan fingerprint density at radius 3 is 2.16 bits per heavy atom. The molecule has 0 fully saturated rings. The number of anilines is 2. The van der Waals surface area contributed by atoms with Gasteiger partial charge in [-0.1, -0.05) is 85.7 Å². The zero-order valence-corrected chi connectivity index (χ0v) is 28.9. The molecule has 0 saturated carbocycles. The van der Waals surface area contributed by atoms with Gasteiger partial charge in [-0.15, -0.1) is 6.07 Å². The molecule has 8 heteroatoms. The molecule has 0 spiro atoms. The number of amides is 2. The van der Waals surface area contributed by atoms with Gasteiger partial charge in [-0.3, -0.25) is 32.3 Å². The summed E-state index contributed by atoms with van der Waals surface area (Å²) < 4.78 is 5.54. The fourth-order valence-electron chi connectivity index (χ4n) is 4.02. The fraction of sp³-hybridized carbons (Fsp3) is 0.278. The second kappa shape index (κ2) is 21.1.